The van der Waals surface area contributed by atoms with Crippen LogP contribution < -0.4 is 0 Å². The van der Waals surface area contributed by atoms with Crippen molar-refractivity contribution in [1.82, 2.24) is 9.80 Å². The van der Waals surface area contributed by atoms with Crippen molar-refractivity contribution >= 4 is 0 Å². The highest BCUT2D eigenvalue weighted by molar-refractivity contribution is 5.18. The summed E-state index contributed by atoms with van der Waals surface area (Å²) in [4.78, 5) is 4.61. The normalized spacial score (nSPS) is 28.6. The van der Waals surface area contributed by atoms with E-state index in [0.29, 0.717) is 6.54 Å². The first-order chi connectivity index (χ1) is 11.2. The third-order valence-corrected chi connectivity index (χ3v) is 4.55. The summed E-state index contributed by atoms with van der Waals surface area (Å²) >= 11 is 0. The van der Waals surface area contributed by atoms with Crippen molar-refractivity contribution in [3.05, 3.63) is 35.9 Å². The maximum Gasteiger partial charge on any atom is 0.0956 e. The topological polar surface area (TPSA) is 45.2 Å². The van der Waals surface area contributed by atoms with Crippen LogP contribution in [-0.2, 0) is 9.47 Å². The number of hydrogen-bond acceptors (Lipinski definition) is 5. The van der Waals surface area contributed by atoms with Gasteiger partial charge >= 0.3 is 0 Å². The Kier molecular flexibility index (Phi) is 6.02. The van der Waals surface area contributed by atoms with Crippen LogP contribution in [0.1, 0.15) is 18.6 Å². The Balaban J connectivity index is 1.52. The van der Waals surface area contributed by atoms with Gasteiger partial charge in [0.1, 0.15) is 0 Å². The number of morpholine rings is 2. The van der Waals surface area contributed by atoms with Gasteiger partial charge in [-0.3, -0.25) is 9.80 Å². The van der Waals surface area contributed by atoms with E-state index in [1.165, 1.54) is 5.56 Å². The summed E-state index contributed by atoms with van der Waals surface area (Å²) in [6.45, 7) is 8.65. The van der Waals surface area contributed by atoms with Crippen molar-refractivity contribution in [3.8, 4) is 0 Å². The van der Waals surface area contributed by atoms with Crippen LogP contribution in [0.4, 0.5) is 0 Å². The summed E-state index contributed by atoms with van der Waals surface area (Å²) in [5.74, 6) is 0. The molecular weight excluding hydrogens is 292 g/mol. The smallest absolute Gasteiger partial charge is 0.0956 e. The van der Waals surface area contributed by atoms with E-state index in [1.54, 1.807) is 0 Å². The molecule has 0 amide bonds. The summed E-state index contributed by atoms with van der Waals surface area (Å²) < 4.78 is 11.4. The van der Waals surface area contributed by atoms with Crippen LogP contribution in [0.3, 0.4) is 0 Å². The number of aliphatic hydroxyl groups excluding tert-OH is 1. The molecule has 5 nitrogen and oxygen atoms in total. The van der Waals surface area contributed by atoms with E-state index < -0.39 is 0 Å². The second-order valence-electron chi connectivity index (χ2n) is 6.63. The van der Waals surface area contributed by atoms with Gasteiger partial charge in [0.25, 0.3) is 0 Å². The van der Waals surface area contributed by atoms with E-state index in [2.05, 4.69) is 41.0 Å². The Bertz CT molecular complexity index is 465. The molecule has 0 saturated carbocycles. The number of hydrogen-bond donors (Lipinski definition) is 1. The second-order valence-corrected chi connectivity index (χ2v) is 6.63. The number of β-amino-alcohol motifs (C(OH)–C–C–N with tert-alkyl or cyclic N) is 1. The summed E-state index contributed by atoms with van der Waals surface area (Å²) in [5.41, 5.74) is 1.21. The lowest BCUT2D eigenvalue weighted by molar-refractivity contribution is -0.0892. The Labute approximate surface area is 138 Å². The molecule has 1 aromatic carbocycles. The highest BCUT2D eigenvalue weighted by Gasteiger charge is 2.28. The average Bonchev–Trinajstić information content (AvgIpc) is 2.56. The van der Waals surface area contributed by atoms with Crippen LogP contribution in [0, 0.1) is 0 Å². The van der Waals surface area contributed by atoms with Gasteiger partial charge < -0.3 is 14.6 Å². The predicted molar refractivity (Wildman–Crippen MR) is 89.4 cm³/mol. The Morgan fingerprint density at radius 1 is 1.09 bits per heavy atom. The summed E-state index contributed by atoms with van der Waals surface area (Å²) in [6, 6.07) is 10.4. The third kappa shape index (κ3) is 4.99. The van der Waals surface area contributed by atoms with Gasteiger partial charge in [0.05, 0.1) is 31.5 Å². The van der Waals surface area contributed by atoms with Crippen LogP contribution in [-0.4, -0.2) is 79.6 Å². The molecule has 23 heavy (non-hydrogen) atoms. The third-order valence-electron chi connectivity index (χ3n) is 4.55. The van der Waals surface area contributed by atoms with Gasteiger partial charge in [-0.25, -0.2) is 0 Å². The van der Waals surface area contributed by atoms with Crippen LogP contribution in [0.25, 0.3) is 0 Å². The Morgan fingerprint density at radius 2 is 1.78 bits per heavy atom. The first-order valence-corrected chi connectivity index (χ1v) is 8.61. The molecule has 5 heteroatoms. The molecule has 128 valence electrons. The molecule has 0 bridgehead atoms. The van der Waals surface area contributed by atoms with Crippen molar-refractivity contribution in [3.63, 3.8) is 0 Å². The fourth-order valence-electron chi connectivity index (χ4n) is 3.48. The Hall–Kier alpha value is -0.980. The molecule has 2 saturated heterocycles. The predicted octanol–water partition coefficient (Wildman–Crippen LogP) is 1.14. The molecule has 2 fully saturated rings. The number of benzene rings is 1. The number of rotatable bonds is 5. The molecule has 3 unspecified atom stereocenters. The van der Waals surface area contributed by atoms with Crippen molar-refractivity contribution in [1.29, 1.82) is 0 Å². The number of aliphatic hydroxyl groups is 1. The van der Waals surface area contributed by atoms with E-state index in [4.69, 9.17) is 9.47 Å². The highest BCUT2D eigenvalue weighted by Crippen LogP contribution is 2.25. The van der Waals surface area contributed by atoms with Crippen molar-refractivity contribution in [2.24, 2.45) is 0 Å². The SMILES string of the molecule is CC1CN(CC(O)CN2CCOCC2)CC(c2ccccc2)O1. The molecule has 3 rings (SSSR count). The van der Waals surface area contributed by atoms with Gasteiger partial charge in [-0.2, -0.15) is 0 Å². The highest BCUT2D eigenvalue weighted by atomic mass is 16.5. The summed E-state index contributed by atoms with van der Waals surface area (Å²) in [6.07, 6.45) is -0.0464. The van der Waals surface area contributed by atoms with Gasteiger partial charge in [-0.05, 0) is 12.5 Å². The first-order valence-electron chi connectivity index (χ1n) is 8.61. The molecule has 1 aromatic rings. The minimum Gasteiger partial charge on any atom is -0.390 e. The molecule has 0 aliphatic carbocycles. The van der Waals surface area contributed by atoms with Gasteiger partial charge in [0, 0.05) is 39.3 Å². The molecular formula is C18H28N2O3. The van der Waals surface area contributed by atoms with Gasteiger partial charge in [0.2, 0.25) is 0 Å². The largest absolute Gasteiger partial charge is 0.390 e. The maximum absolute atomic E-state index is 10.4. The fraction of sp³-hybridized carbons (Fsp3) is 0.667. The van der Waals surface area contributed by atoms with Crippen molar-refractivity contribution in [2.45, 2.75) is 25.2 Å². The summed E-state index contributed by atoms with van der Waals surface area (Å²) in [7, 11) is 0. The van der Waals surface area contributed by atoms with Crippen LogP contribution in [0.2, 0.25) is 0 Å². The molecule has 3 atom stereocenters. The standard InChI is InChI=1S/C18H28N2O3/c1-15-11-20(13-17(21)12-19-7-9-22-10-8-19)14-18(23-15)16-5-3-2-4-6-16/h2-6,15,17-18,21H,7-14H2,1H3. The molecule has 0 aromatic heterocycles. The van der Waals surface area contributed by atoms with Crippen molar-refractivity contribution < 1.29 is 14.6 Å². The Morgan fingerprint density at radius 3 is 2.52 bits per heavy atom. The number of ether oxygens (including phenoxy) is 2. The monoisotopic (exact) mass is 320 g/mol. The van der Waals surface area contributed by atoms with E-state index in [9.17, 15) is 5.11 Å². The second kappa shape index (κ2) is 8.22. The molecule has 0 spiro atoms. The first kappa shape index (κ1) is 16.9. The van der Waals surface area contributed by atoms with Crippen LogP contribution in [0.15, 0.2) is 30.3 Å². The van der Waals surface area contributed by atoms with Gasteiger partial charge in [-0.15, -0.1) is 0 Å². The zero-order valence-corrected chi connectivity index (χ0v) is 13.9. The van der Waals surface area contributed by atoms with Crippen LogP contribution in [0.5, 0.6) is 0 Å². The molecule has 2 heterocycles. The lowest BCUT2D eigenvalue weighted by Crippen LogP contribution is -2.49. The minimum atomic E-state index is -0.324. The lowest BCUT2D eigenvalue weighted by Gasteiger charge is -2.38. The van der Waals surface area contributed by atoms with E-state index in [0.717, 1.165) is 45.9 Å². The lowest BCUT2D eigenvalue weighted by atomic mass is 10.1. The number of nitrogens with zero attached hydrogens (tertiary/aromatic N) is 2. The van der Waals surface area contributed by atoms with Gasteiger partial charge in [0.15, 0.2) is 0 Å². The average molecular weight is 320 g/mol. The quantitative estimate of drug-likeness (QED) is 0.881. The van der Waals surface area contributed by atoms with E-state index in [-0.39, 0.29) is 18.3 Å². The van der Waals surface area contributed by atoms with Crippen LogP contribution >= 0.6 is 0 Å². The van der Waals surface area contributed by atoms with E-state index >= 15 is 0 Å². The van der Waals surface area contributed by atoms with Crippen molar-refractivity contribution in [2.75, 3.05) is 52.5 Å². The van der Waals surface area contributed by atoms with Gasteiger partial charge in [-0.1, -0.05) is 30.3 Å². The molecule has 2 aliphatic rings. The molecule has 0 radical (unpaired) electrons. The molecule has 2 aliphatic heterocycles. The zero-order valence-electron chi connectivity index (χ0n) is 13.9. The minimum absolute atomic E-state index is 0.0931. The fourth-order valence-corrected chi connectivity index (χ4v) is 3.48. The van der Waals surface area contributed by atoms with E-state index in [1.807, 2.05) is 6.07 Å². The summed E-state index contributed by atoms with van der Waals surface area (Å²) in [5, 5.41) is 10.4. The maximum atomic E-state index is 10.4. The zero-order chi connectivity index (χ0) is 16.1. The molecule has 1 N–H and O–H groups in total.